The largest absolute Gasteiger partial charge is 0.327 e. The van der Waals surface area contributed by atoms with Crippen molar-refractivity contribution >= 4 is 11.9 Å². The molecule has 0 N–H and O–H groups in total. The molecule has 0 saturated carbocycles. The standard InChI is InChI=1S/C9H12N2O2/c1-3-5-10-7-8(12)11(6-4-2)9(10)13/h3-4H,1-2,5-7H2. The summed E-state index contributed by atoms with van der Waals surface area (Å²) in [5.41, 5.74) is 0. The fourth-order valence-electron chi connectivity index (χ4n) is 1.20. The number of hydrogen-bond donors (Lipinski definition) is 0. The first-order valence-corrected chi connectivity index (χ1v) is 4.01. The molecule has 1 fully saturated rings. The van der Waals surface area contributed by atoms with Gasteiger partial charge >= 0.3 is 6.03 Å². The molecule has 0 aromatic heterocycles. The highest BCUT2D eigenvalue weighted by atomic mass is 16.2. The van der Waals surface area contributed by atoms with Gasteiger partial charge in [0.25, 0.3) is 5.91 Å². The summed E-state index contributed by atoms with van der Waals surface area (Å²) in [6.45, 7) is 7.84. The van der Waals surface area contributed by atoms with Crippen LogP contribution in [0.15, 0.2) is 25.3 Å². The molecule has 1 aliphatic rings. The van der Waals surface area contributed by atoms with Crippen LogP contribution in [0, 0.1) is 0 Å². The van der Waals surface area contributed by atoms with Gasteiger partial charge in [0, 0.05) is 13.1 Å². The molecule has 0 bridgehead atoms. The molecule has 0 aromatic rings. The number of carbonyl (C=O) groups excluding carboxylic acids is 2. The minimum Gasteiger partial charge on any atom is -0.311 e. The highest BCUT2D eigenvalue weighted by Crippen LogP contribution is 2.09. The van der Waals surface area contributed by atoms with Crippen molar-refractivity contribution in [2.45, 2.75) is 0 Å². The van der Waals surface area contributed by atoms with Crippen molar-refractivity contribution in [3.05, 3.63) is 25.3 Å². The van der Waals surface area contributed by atoms with Crippen LogP contribution >= 0.6 is 0 Å². The van der Waals surface area contributed by atoms with Crippen LogP contribution in [0.4, 0.5) is 4.79 Å². The van der Waals surface area contributed by atoms with Crippen molar-refractivity contribution in [2.24, 2.45) is 0 Å². The fourth-order valence-corrected chi connectivity index (χ4v) is 1.20. The van der Waals surface area contributed by atoms with Gasteiger partial charge in [-0.2, -0.15) is 0 Å². The van der Waals surface area contributed by atoms with Gasteiger partial charge in [0.2, 0.25) is 0 Å². The van der Waals surface area contributed by atoms with Gasteiger partial charge in [0.1, 0.15) is 6.54 Å². The Morgan fingerprint density at radius 3 is 2.38 bits per heavy atom. The maximum atomic E-state index is 11.4. The monoisotopic (exact) mass is 180 g/mol. The van der Waals surface area contributed by atoms with E-state index < -0.39 is 0 Å². The number of carbonyl (C=O) groups is 2. The summed E-state index contributed by atoms with van der Waals surface area (Å²) >= 11 is 0. The van der Waals surface area contributed by atoms with E-state index in [1.54, 1.807) is 6.08 Å². The number of urea groups is 1. The van der Waals surface area contributed by atoms with Crippen molar-refractivity contribution in [3.63, 3.8) is 0 Å². The molecule has 1 aliphatic heterocycles. The topological polar surface area (TPSA) is 40.6 Å². The lowest BCUT2D eigenvalue weighted by Gasteiger charge is -2.13. The molecule has 0 atom stereocenters. The van der Waals surface area contributed by atoms with Gasteiger partial charge in [-0.05, 0) is 0 Å². The maximum absolute atomic E-state index is 11.4. The molecule has 1 saturated heterocycles. The van der Waals surface area contributed by atoms with E-state index in [1.165, 1.54) is 15.9 Å². The second kappa shape index (κ2) is 3.89. The molecule has 0 radical (unpaired) electrons. The molecule has 0 unspecified atom stereocenters. The average Bonchev–Trinajstić information content (AvgIpc) is 2.34. The summed E-state index contributed by atoms with van der Waals surface area (Å²) in [5, 5.41) is 0. The van der Waals surface area contributed by atoms with Crippen LogP contribution in [0.25, 0.3) is 0 Å². The summed E-state index contributed by atoms with van der Waals surface area (Å²) < 4.78 is 0. The third-order valence-electron chi connectivity index (χ3n) is 1.79. The third kappa shape index (κ3) is 1.77. The van der Waals surface area contributed by atoms with E-state index in [1.807, 2.05) is 0 Å². The van der Waals surface area contributed by atoms with E-state index in [0.717, 1.165) is 0 Å². The molecule has 1 heterocycles. The SMILES string of the molecule is C=CCN1CC(=O)N(CC=C)C1=O. The lowest BCUT2D eigenvalue weighted by molar-refractivity contribution is -0.124. The summed E-state index contributed by atoms with van der Waals surface area (Å²) in [5.74, 6) is -0.174. The predicted molar refractivity (Wildman–Crippen MR) is 49.1 cm³/mol. The van der Waals surface area contributed by atoms with Crippen LogP contribution in [-0.2, 0) is 4.79 Å². The molecule has 4 heteroatoms. The van der Waals surface area contributed by atoms with E-state index in [2.05, 4.69) is 13.2 Å². The Hall–Kier alpha value is -1.58. The first-order chi connectivity index (χ1) is 6.20. The first-order valence-electron chi connectivity index (χ1n) is 4.01. The zero-order valence-corrected chi connectivity index (χ0v) is 7.40. The Kier molecular flexibility index (Phi) is 2.84. The Balaban J connectivity index is 2.68. The van der Waals surface area contributed by atoms with Gasteiger partial charge in [-0.3, -0.25) is 9.69 Å². The van der Waals surface area contributed by atoms with Crippen molar-refractivity contribution in [3.8, 4) is 0 Å². The maximum Gasteiger partial charge on any atom is 0.327 e. The lowest BCUT2D eigenvalue weighted by Crippen LogP contribution is -2.33. The number of amides is 3. The first kappa shape index (κ1) is 9.51. The third-order valence-corrected chi connectivity index (χ3v) is 1.79. The van der Waals surface area contributed by atoms with Crippen LogP contribution in [-0.4, -0.2) is 41.4 Å². The highest BCUT2D eigenvalue weighted by Gasteiger charge is 2.33. The summed E-state index contributed by atoms with van der Waals surface area (Å²) in [7, 11) is 0. The Morgan fingerprint density at radius 2 is 1.85 bits per heavy atom. The number of rotatable bonds is 4. The molecule has 13 heavy (non-hydrogen) atoms. The van der Waals surface area contributed by atoms with Gasteiger partial charge in [-0.15, -0.1) is 13.2 Å². The molecule has 1 rings (SSSR count). The Labute approximate surface area is 77.1 Å². The molecule has 4 nitrogen and oxygen atoms in total. The number of nitrogens with zero attached hydrogens (tertiary/aromatic N) is 2. The minimum atomic E-state index is -0.259. The van der Waals surface area contributed by atoms with Crippen LogP contribution in [0.3, 0.4) is 0 Å². The summed E-state index contributed by atoms with van der Waals surface area (Å²) in [6.07, 6.45) is 3.13. The second-order valence-corrected chi connectivity index (χ2v) is 2.74. The van der Waals surface area contributed by atoms with Crippen molar-refractivity contribution in [2.75, 3.05) is 19.6 Å². The quantitative estimate of drug-likeness (QED) is 0.470. The molecule has 0 spiro atoms. The number of imide groups is 1. The second-order valence-electron chi connectivity index (χ2n) is 2.74. The van der Waals surface area contributed by atoms with Crippen LogP contribution in [0.2, 0.25) is 0 Å². The van der Waals surface area contributed by atoms with E-state index >= 15 is 0 Å². The molecule has 0 aromatic carbocycles. The van der Waals surface area contributed by atoms with E-state index in [4.69, 9.17) is 0 Å². The van der Waals surface area contributed by atoms with Crippen molar-refractivity contribution in [1.29, 1.82) is 0 Å². The minimum absolute atomic E-state index is 0.151. The molecule has 3 amide bonds. The van der Waals surface area contributed by atoms with E-state index in [-0.39, 0.29) is 25.0 Å². The van der Waals surface area contributed by atoms with Crippen LogP contribution in [0.1, 0.15) is 0 Å². The molecular formula is C9H12N2O2. The van der Waals surface area contributed by atoms with Gasteiger partial charge in [0.15, 0.2) is 0 Å². The van der Waals surface area contributed by atoms with Crippen LogP contribution < -0.4 is 0 Å². The van der Waals surface area contributed by atoms with E-state index in [0.29, 0.717) is 6.54 Å². The van der Waals surface area contributed by atoms with Gasteiger partial charge < -0.3 is 4.90 Å². The molecule has 70 valence electrons. The van der Waals surface area contributed by atoms with E-state index in [9.17, 15) is 9.59 Å². The van der Waals surface area contributed by atoms with Gasteiger partial charge in [-0.1, -0.05) is 12.2 Å². The molecule has 0 aliphatic carbocycles. The molecular weight excluding hydrogens is 168 g/mol. The lowest BCUT2D eigenvalue weighted by atomic mass is 10.5. The summed E-state index contributed by atoms with van der Waals surface area (Å²) in [6, 6.07) is -0.259. The van der Waals surface area contributed by atoms with Gasteiger partial charge in [-0.25, -0.2) is 4.79 Å². The Morgan fingerprint density at radius 1 is 1.23 bits per heavy atom. The van der Waals surface area contributed by atoms with Gasteiger partial charge in [0.05, 0.1) is 0 Å². The zero-order valence-electron chi connectivity index (χ0n) is 7.40. The van der Waals surface area contributed by atoms with Crippen molar-refractivity contribution in [1.82, 2.24) is 9.80 Å². The smallest absolute Gasteiger partial charge is 0.311 e. The van der Waals surface area contributed by atoms with Crippen molar-refractivity contribution < 1.29 is 9.59 Å². The van der Waals surface area contributed by atoms with Crippen LogP contribution in [0.5, 0.6) is 0 Å². The predicted octanol–water partition coefficient (Wildman–Crippen LogP) is 0.623. The highest BCUT2D eigenvalue weighted by molar-refractivity contribution is 6.02. The average molecular weight is 180 g/mol. The number of hydrogen-bond acceptors (Lipinski definition) is 2. The zero-order chi connectivity index (χ0) is 9.84. The fraction of sp³-hybridized carbons (Fsp3) is 0.333. The Bertz CT molecular complexity index is 260. The normalized spacial score (nSPS) is 16.6. The summed E-state index contributed by atoms with van der Waals surface area (Å²) in [4.78, 5) is 25.3.